The summed E-state index contributed by atoms with van der Waals surface area (Å²) in [5.74, 6) is 0.162. The molecule has 10 heteroatoms. The molecule has 4 rings (SSSR count). The van der Waals surface area contributed by atoms with E-state index in [9.17, 15) is 9.18 Å². The molecule has 2 N–H and O–H groups in total. The second kappa shape index (κ2) is 8.38. The van der Waals surface area contributed by atoms with Gasteiger partial charge in [0, 0.05) is 48.6 Å². The Morgan fingerprint density at radius 3 is 2.71 bits per heavy atom. The van der Waals surface area contributed by atoms with Gasteiger partial charge in [-0.2, -0.15) is 5.10 Å². The number of hydrogen-bond donors (Lipinski definition) is 2. The quantitative estimate of drug-likeness (QED) is 0.600. The molecule has 1 aliphatic heterocycles. The van der Waals surface area contributed by atoms with Crippen LogP contribution in [0.15, 0.2) is 30.7 Å². The van der Waals surface area contributed by atoms with Crippen LogP contribution < -0.4 is 15.0 Å². The molecule has 1 atom stereocenters. The number of hydrogen-bond acceptors (Lipinski definition) is 8. The third kappa shape index (κ3) is 4.38. The van der Waals surface area contributed by atoms with Gasteiger partial charge >= 0.3 is 0 Å². The molecule has 3 heterocycles. The maximum atomic E-state index is 14.8. The van der Waals surface area contributed by atoms with Gasteiger partial charge in [-0.05, 0) is 17.5 Å². The molecule has 1 aliphatic rings. The number of ether oxygens (including phenoxy) is 1. The summed E-state index contributed by atoms with van der Waals surface area (Å²) in [6.07, 6.45) is 4.55. The molecule has 0 amide bonds. The van der Waals surface area contributed by atoms with Crippen LogP contribution in [0.1, 0.15) is 20.8 Å². The number of H-pyrrole nitrogens is 1. The van der Waals surface area contributed by atoms with Crippen molar-refractivity contribution in [2.45, 2.75) is 26.8 Å². The van der Waals surface area contributed by atoms with E-state index in [1.54, 1.807) is 6.20 Å². The standard InChI is InChI=1S/C21H24FN7O2/c1-21(2,3)19-11-29(5-4-23-19)20-24-10-17(27-28-20)15-6-16(22)14(7-18(15)31-12-30)13-8-25-26-9-13/h6-10,12,19,23H,4-5,11H2,1-3H3,(H,25,26)/t19-/m1/s1. The van der Waals surface area contributed by atoms with Crippen molar-refractivity contribution in [3.8, 4) is 28.1 Å². The van der Waals surface area contributed by atoms with Crippen molar-refractivity contribution >= 4 is 12.4 Å². The van der Waals surface area contributed by atoms with E-state index in [1.807, 2.05) is 0 Å². The number of carbonyl (C=O) groups excluding carboxylic acids is 1. The Hall–Kier alpha value is -3.40. The lowest BCUT2D eigenvalue weighted by atomic mass is 9.85. The Balaban J connectivity index is 1.63. The number of nitrogens with zero attached hydrogens (tertiary/aromatic N) is 5. The molecule has 1 aromatic carbocycles. The molecule has 9 nitrogen and oxygen atoms in total. The molecule has 3 aromatic rings. The number of benzene rings is 1. The summed E-state index contributed by atoms with van der Waals surface area (Å²) in [7, 11) is 0. The lowest BCUT2D eigenvalue weighted by molar-refractivity contribution is -0.120. The van der Waals surface area contributed by atoms with Crippen LogP contribution in [0.25, 0.3) is 22.4 Å². The highest BCUT2D eigenvalue weighted by Crippen LogP contribution is 2.35. The lowest BCUT2D eigenvalue weighted by Crippen LogP contribution is -2.56. The fourth-order valence-electron chi connectivity index (χ4n) is 3.57. The van der Waals surface area contributed by atoms with Gasteiger partial charge in [-0.15, -0.1) is 10.2 Å². The van der Waals surface area contributed by atoms with Gasteiger partial charge in [-0.25, -0.2) is 9.37 Å². The molecular formula is C21H24FN7O2. The largest absolute Gasteiger partial charge is 0.428 e. The number of aromatic amines is 1. The van der Waals surface area contributed by atoms with Crippen LogP contribution in [0.2, 0.25) is 0 Å². The molecule has 0 radical (unpaired) electrons. The summed E-state index contributed by atoms with van der Waals surface area (Å²) in [6, 6.07) is 2.98. The summed E-state index contributed by atoms with van der Waals surface area (Å²) in [6.45, 7) is 9.20. The maximum Gasteiger partial charge on any atom is 0.298 e. The van der Waals surface area contributed by atoms with E-state index in [2.05, 4.69) is 56.4 Å². The number of rotatable bonds is 5. The first-order valence-electron chi connectivity index (χ1n) is 9.98. The molecule has 0 saturated carbocycles. The van der Waals surface area contributed by atoms with Crippen molar-refractivity contribution < 1.29 is 13.9 Å². The van der Waals surface area contributed by atoms with Crippen molar-refractivity contribution in [2.24, 2.45) is 5.41 Å². The molecule has 31 heavy (non-hydrogen) atoms. The SMILES string of the molecule is CC(C)(C)[C@H]1CN(c2ncc(-c3cc(F)c(-c4cn[nH]c4)cc3OC=O)nn2)CCN1. The predicted octanol–water partition coefficient (Wildman–Crippen LogP) is 2.43. The van der Waals surface area contributed by atoms with Crippen molar-refractivity contribution in [1.29, 1.82) is 0 Å². The lowest BCUT2D eigenvalue weighted by Gasteiger charge is -2.40. The second-order valence-corrected chi connectivity index (χ2v) is 8.49. The van der Waals surface area contributed by atoms with Crippen LogP contribution in [-0.2, 0) is 4.79 Å². The Morgan fingerprint density at radius 2 is 2.06 bits per heavy atom. The zero-order chi connectivity index (χ0) is 22.0. The highest BCUT2D eigenvalue weighted by Gasteiger charge is 2.30. The number of carbonyl (C=O) groups is 1. The van der Waals surface area contributed by atoms with Crippen molar-refractivity contribution in [2.75, 3.05) is 24.5 Å². The summed E-state index contributed by atoms with van der Waals surface area (Å²) in [5.41, 5.74) is 1.48. The van der Waals surface area contributed by atoms with Crippen LogP contribution >= 0.6 is 0 Å². The zero-order valence-electron chi connectivity index (χ0n) is 17.6. The van der Waals surface area contributed by atoms with E-state index in [-0.39, 0.29) is 22.3 Å². The highest BCUT2D eigenvalue weighted by atomic mass is 19.1. The van der Waals surface area contributed by atoms with E-state index < -0.39 is 5.82 Å². The van der Waals surface area contributed by atoms with Crippen LogP contribution in [0.5, 0.6) is 5.75 Å². The molecule has 1 saturated heterocycles. The van der Waals surface area contributed by atoms with Gasteiger partial charge < -0.3 is 15.0 Å². The third-order valence-electron chi connectivity index (χ3n) is 5.38. The van der Waals surface area contributed by atoms with Gasteiger partial charge in [-0.1, -0.05) is 20.8 Å². The Labute approximate surface area is 179 Å². The molecule has 162 valence electrons. The minimum Gasteiger partial charge on any atom is -0.428 e. The van der Waals surface area contributed by atoms with Gasteiger partial charge in [0.25, 0.3) is 6.47 Å². The zero-order valence-corrected chi connectivity index (χ0v) is 17.6. The monoisotopic (exact) mass is 425 g/mol. The first kappa shape index (κ1) is 20.9. The minimum atomic E-state index is -0.504. The molecule has 0 aliphatic carbocycles. The number of halogens is 1. The average Bonchev–Trinajstić information content (AvgIpc) is 3.29. The number of nitrogens with one attached hydrogen (secondary N) is 2. The highest BCUT2D eigenvalue weighted by molar-refractivity contribution is 5.75. The van der Waals surface area contributed by atoms with Crippen LogP contribution in [0.4, 0.5) is 10.3 Å². The fourth-order valence-corrected chi connectivity index (χ4v) is 3.57. The van der Waals surface area contributed by atoms with E-state index in [1.165, 1.54) is 24.5 Å². The van der Waals surface area contributed by atoms with E-state index in [0.717, 1.165) is 19.6 Å². The summed E-state index contributed by atoms with van der Waals surface area (Å²) < 4.78 is 19.9. The Kier molecular flexibility index (Phi) is 5.64. The van der Waals surface area contributed by atoms with E-state index >= 15 is 0 Å². The van der Waals surface area contributed by atoms with E-state index in [0.29, 0.717) is 29.7 Å². The first-order valence-corrected chi connectivity index (χ1v) is 9.98. The third-order valence-corrected chi connectivity index (χ3v) is 5.38. The molecule has 0 bridgehead atoms. The molecule has 0 unspecified atom stereocenters. The van der Waals surface area contributed by atoms with E-state index in [4.69, 9.17) is 4.74 Å². The smallest absolute Gasteiger partial charge is 0.298 e. The summed E-state index contributed by atoms with van der Waals surface area (Å²) >= 11 is 0. The maximum absolute atomic E-state index is 14.8. The number of aromatic nitrogens is 5. The van der Waals surface area contributed by atoms with Gasteiger partial charge in [0.1, 0.15) is 17.3 Å². The molecule has 0 spiro atoms. The molecule has 2 aromatic heterocycles. The Morgan fingerprint density at radius 1 is 1.23 bits per heavy atom. The van der Waals surface area contributed by atoms with Crippen molar-refractivity contribution in [3.05, 3.63) is 36.5 Å². The van der Waals surface area contributed by atoms with Crippen molar-refractivity contribution in [3.63, 3.8) is 0 Å². The van der Waals surface area contributed by atoms with Crippen LogP contribution in [0, 0.1) is 11.2 Å². The van der Waals surface area contributed by atoms with Gasteiger partial charge in [0.2, 0.25) is 5.95 Å². The van der Waals surface area contributed by atoms with Gasteiger partial charge in [-0.3, -0.25) is 9.89 Å². The van der Waals surface area contributed by atoms with Crippen molar-refractivity contribution in [1.82, 2.24) is 30.7 Å². The van der Waals surface area contributed by atoms with Gasteiger partial charge in [0.15, 0.2) is 0 Å². The summed E-state index contributed by atoms with van der Waals surface area (Å²) in [4.78, 5) is 17.5. The average molecular weight is 425 g/mol. The topological polar surface area (TPSA) is 109 Å². The number of piperazine rings is 1. The van der Waals surface area contributed by atoms with Gasteiger partial charge in [0.05, 0.1) is 12.4 Å². The fraction of sp³-hybridized carbons (Fsp3) is 0.381. The summed E-state index contributed by atoms with van der Waals surface area (Å²) in [5, 5.41) is 18.5. The molecule has 1 fully saturated rings. The van der Waals surface area contributed by atoms with Crippen LogP contribution in [-0.4, -0.2) is 57.5 Å². The Bertz CT molecular complexity index is 1050. The predicted molar refractivity (Wildman–Crippen MR) is 113 cm³/mol. The second-order valence-electron chi connectivity index (χ2n) is 8.49. The normalized spacial score (nSPS) is 16.9. The minimum absolute atomic E-state index is 0.0986. The first-order chi connectivity index (χ1) is 14.9. The van der Waals surface area contributed by atoms with Crippen LogP contribution in [0.3, 0.4) is 0 Å². The number of anilines is 1. The molecular weight excluding hydrogens is 401 g/mol.